The molecule has 5 rings (SSSR count). The van der Waals surface area contributed by atoms with Crippen molar-refractivity contribution in [2.24, 2.45) is 0 Å². The van der Waals surface area contributed by atoms with Gasteiger partial charge in [-0.2, -0.15) is 0 Å². The highest BCUT2D eigenvalue weighted by molar-refractivity contribution is 5.81. The van der Waals surface area contributed by atoms with Crippen LogP contribution in [0, 0.1) is 6.92 Å². The van der Waals surface area contributed by atoms with E-state index in [0.29, 0.717) is 12.5 Å². The van der Waals surface area contributed by atoms with Crippen molar-refractivity contribution in [3.05, 3.63) is 47.8 Å². The zero-order valence-electron chi connectivity index (χ0n) is 15.0. The van der Waals surface area contributed by atoms with Gasteiger partial charge in [0, 0.05) is 31.1 Å². The molecule has 1 aromatic carbocycles. The largest absolute Gasteiger partial charge is 0.350 e. The Kier molecular flexibility index (Phi) is 3.58. The standard InChI is InChI=1S/C20H23N5O/c1-13-10-24-11-15(8-9-18(24)21-13)22-19(26)12-25-17-5-3-2-4-16(17)23-20(25)14-6-7-14/h2-5,10,14-15H,6-9,11-12H2,1H3,(H,22,26)/t15-/m1/s1. The molecule has 1 atom stereocenters. The van der Waals surface area contributed by atoms with E-state index < -0.39 is 0 Å². The minimum atomic E-state index is 0.0698. The first kappa shape index (κ1) is 15.6. The number of aryl methyl sites for hydroxylation is 2. The van der Waals surface area contributed by atoms with E-state index in [9.17, 15) is 4.79 Å². The van der Waals surface area contributed by atoms with Gasteiger partial charge in [0.25, 0.3) is 0 Å². The zero-order chi connectivity index (χ0) is 17.7. The topological polar surface area (TPSA) is 64.7 Å². The van der Waals surface area contributed by atoms with Crippen molar-refractivity contribution in [3.8, 4) is 0 Å². The van der Waals surface area contributed by atoms with Crippen LogP contribution in [-0.2, 0) is 24.3 Å². The fourth-order valence-corrected chi connectivity index (χ4v) is 4.03. The Hall–Kier alpha value is -2.63. The minimum absolute atomic E-state index is 0.0698. The highest BCUT2D eigenvalue weighted by Gasteiger charge is 2.30. The number of amides is 1. The normalized spacial score (nSPS) is 19.5. The second-order valence-corrected chi connectivity index (χ2v) is 7.57. The van der Waals surface area contributed by atoms with Gasteiger partial charge in [-0.1, -0.05) is 12.1 Å². The molecule has 1 saturated carbocycles. The van der Waals surface area contributed by atoms with E-state index in [1.807, 2.05) is 25.1 Å². The summed E-state index contributed by atoms with van der Waals surface area (Å²) in [6, 6.07) is 8.27. The number of hydrogen-bond donors (Lipinski definition) is 1. The molecule has 3 aromatic rings. The summed E-state index contributed by atoms with van der Waals surface area (Å²) >= 11 is 0. The zero-order valence-corrected chi connectivity index (χ0v) is 15.0. The third kappa shape index (κ3) is 2.79. The third-order valence-electron chi connectivity index (χ3n) is 5.41. The average Bonchev–Trinajstić information content (AvgIpc) is 3.31. The fraction of sp³-hybridized carbons (Fsp3) is 0.450. The summed E-state index contributed by atoms with van der Waals surface area (Å²) in [4.78, 5) is 22.1. The van der Waals surface area contributed by atoms with Crippen molar-refractivity contribution < 1.29 is 4.79 Å². The molecule has 0 radical (unpaired) electrons. The van der Waals surface area contributed by atoms with Crippen LogP contribution in [0.2, 0.25) is 0 Å². The molecule has 26 heavy (non-hydrogen) atoms. The van der Waals surface area contributed by atoms with Crippen LogP contribution >= 0.6 is 0 Å². The number of imidazole rings is 2. The Morgan fingerprint density at radius 3 is 2.92 bits per heavy atom. The number of nitrogens with zero attached hydrogens (tertiary/aromatic N) is 4. The lowest BCUT2D eigenvalue weighted by molar-refractivity contribution is -0.122. The highest BCUT2D eigenvalue weighted by Crippen LogP contribution is 2.40. The van der Waals surface area contributed by atoms with Gasteiger partial charge in [-0.3, -0.25) is 4.79 Å². The maximum Gasteiger partial charge on any atom is 0.240 e. The Balaban J connectivity index is 1.33. The van der Waals surface area contributed by atoms with Gasteiger partial charge < -0.3 is 14.5 Å². The Bertz CT molecular complexity index is 981. The van der Waals surface area contributed by atoms with Crippen molar-refractivity contribution >= 4 is 16.9 Å². The molecule has 2 aromatic heterocycles. The Labute approximate surface area is 152 Å². The van der Waals surface area contributed by atoms with Gasteiger partial charge in [0.05, 0.1) is 16.7 Å². The lowest BCUT2D eigenvalue weighted by Crippen LogP contribution is -2.42. The van der Waals surface area contributed by atoms with Gasteiger partial charge in [0.1, 0.15) is 18.2 Å². The van der Waals surface area contributed by atoms with Gasteiger partial charge in [0.2, 0.25) is 5.91 Å². The first-order valence-corrected chi connectivity index (χ1v) is 9.44. The average molecular weight is 349 g/mol. The van der Waals surface area contributed by atoms with E-state index in [0.717, 1.165) is 47.8 Å². The monoisotopic (exact) mass is 349 g/mol. The van der Waals surface area contributed by atoms with E-state index in [2.05, 4.69) is 31.7 Å². The predicted octanol–water partition coefficient (Wildman–Crippen LogP) is 2.55. The van der Waals surface area contributed by atoms with Crippen molar-refractivity contribution in [3.63, 3.8) is 0 Å². The second-order valence-electron chi connectivity index (χ2n) is 7.57. The molecule has 2 aliphatic rings. The van der Waals surface area contributed by atoms with Gasteiger partial charge in [-0.15, -0.1) is 0 Å². The Morgan fingerprint density at radius 1 is 1.23 bits per heavy atom. The summed E-state index contributed by atoms with van der Waals surface area (Å²) in [5.41, 5.74) is 3.09. The van der Waals surface area contributed by atoms with E-state index >= 15 is 0 Å². The SMILES string of the molecule is Cc1cn2c(n1)CC[C@@H](NC(=O)Cn1c(C3CC3)nc3ccccc31)C2. The summed E-state index contributed by atoms with van der Waals surface area (Å²) in [6.07, 6.45) is 6.29. The van der Waals surface area contributed by atoms with Crippen molar-refractivity contribution in [2.45, 2.75) is 57.7 Å². The van der Waals surface area contributed by atoms with E-state index in [1.54, 1.807) is 0 Å². The number of carbonyl (C=O) groups is 1. The van der Waals surface area contributed by atoms with Gasteiger partial charge in [-0.05, 0) is 38.3 Å². The number of benzene rings is 1. The van der Waals surface area contributed by atoms with Gasteiger partial charge in [-0.25, -0.2) is 9.97 Å². The van der Waals surface area contributed by atoms with Crippen molar-refractivity contribution in [1.82, 2.24) is 24.4 Å². The minimum Gasteiger partial charge on any atom is -0.350 e. The quantitative estimate of drug-likeness (QED) is 0.787. The number of hydrogen-bond acceptors (Lipinski definition) is 3. The number of aromatic nitrogens is 4. The molecular weight excluding hydrogens is 326 g/mol. The van der Waals surface area contributed by atoms with Crippen LogP contribution in [0.1, 0.15) is 42.5 Å². The Morgan fingerprint density at radius 2 is 2.08 bits per heavy atom. The van der Waals surface area contributed by atoms with E-state index in [4.69, 9.17) is 4.98 Å². The third-order valence-corrected chi connectivity index (χ3v) is 5.41. The number of nitrogens with one attached hydrogen (secondary N) is 1. The van der Waals surface area contributed by atoms with Gasteiger partial charge >= 0.3 is 0 Å². The molecule has 1 aliphatic heterocycles. The first-order chi connectivity index (χ1) is 12.7. The maximum atomic E-state index is 12.8. The summed E-state index contributed by atoms with van der Waals surface area (Å²) in [6.45, 7) is 3.17. The van der Waals surface area contributed by atoms with Crippen LogP contribution in [-0.4, -0.2) is 31.1 Å². The molecule has 1 N–H and O–H groups in total. The number of rotatable bonds is 4. The first-order valence-electron chi connectivity index (χ1n) is 9.44. The molecule has 0 bridgehead atoms. The van der Waals surface area contributed by atoms with E-state index in [-0.39, 0.29) is 11.9 Å². The van der Waals surface area contributed by atoms with Gasteiger partial charge in [0.15, 0.2) is 0 Å². The second kappa shape index (κ2) is 5.97. The molecule has 3 heterocycles. The summed E-state index contributed by atoms with van der Waals surface area (Å²) in [5.74, 6) is 2.78. The van der Waals surface area contributed by atoms with Crippen molar-refractivity contribution in [2.75, 3.05) is 0 Å². The van der Waals surface area contributed by atoms with Crippen LogP contribution in [0.4, 0.5) is 0 Å². The lowest BCUT2D eigenvalue weighted by Gasteiger charge is -2.25. The maximum absolute atomic E-state index is 12.8. The fourth-order valence-electron chi connectivity index (χ4n) is 4.03. The van der Waals surface area contributed by atoms with Crippen LogP contribution in [0.5, 0.6) is 0 Å². The van der Waals surface area contributed by atoms with Crippen LogP contribution in [0.3, 0.4) is 0 Å². The number of para-hydroxylation sites is 2. The molecule has 6 heteroatoms. The van der Waals surface area contributed by atoms with Crippen LogP contribution < -0.4 is 5.32 Å². The molecule has 1 amide bonds. The molecule has 1 fully saturated rings. The summed E-state index contributed by atoms with van der Waals surface area (Å²) in [5, 5.41) is 3.22. The van der Waals surface area contributed by atoms with E-state index in [1.165, 1.54) is 12.8 Å². The molecule has 1 aliphatic carbocycles. The number of carbonyl (C=O) groups excluding carboxylic acids is 1. The van der Waals surface area contributed by atoms with Crippen LogP contribution in [0.15, 0.2) is 30.5 Å². The molecule has 134 valence electrons. The number of fused-ring (bicyclic) bond motifs is 2. The van der Waals surface area contributed by atoms with Crippen LogP contribution in [0.25, 0.3) is 11.0 Å². The lowest BCUT2D eigenvalue weighted by atomic mass is 10.1. The smallest absolute Gasteiger partial charge is 0.240 e. The summed E-state index contributed by atoms with van der Waals surface area (Å²) < 4.78 is 4.28. The van der Waals surface area contributed by atoms with Crippen molar-refractivity contribution in [1.29, 1.82) is 0 Å². The molecule has 0 spiro atoms. The molecule has 0 unspecified atom stereocenters. The predicted molar refractivity (Wildman–Crippen MR) is 98.9 cm³/mol. The molecule has 6 nitrogen and oxygen atoms in total. The molecule has 0 saturated heterocycles. The summed E-state index contributed by atoms with van der Waals surface area (Å²) in [7, 11) is 0. The highest BCUT2D eigenvalue weighted by atomic mass is 16.2. The molecular formula is C20H23N5O.